The molecule has 0 atom stereocenters. The normalized spacial score (nSPS) is 13.5. The van der Waals surface area contributed by atoms with Crippen LogP contribution in [0.5, 0.6) is 0 Å². The van der Waals surface area contributed by atoms with Crippen LogP contribution < -0.4 is 16.0 Å². The van der Waals surface area contributed by atoms with Gasteiger partial charge in [-0.2, -0.15) is 0 Å². The van der Waals surface area contributed by atoms with E-state index in [9.17, 15) is 9.59 Å². The number of carbonyl (C=O) groups is 2. The minimum absolute atomic E-state index is 0.211. The Hall–Kier alpha value is -1.79. The molecule has 1 aliphatic carbocycles. The van der Waals surface area contributed by atoms with Gasteiger partial charge in [0.05, 0.1) is 10.6 Å². The Balaban J connectivity index is 1.90. The zero-order valence-corrected chi connectivity index (χ0v) is 13.2. The molecule has 3 N–H and O–H groups in total. The standard InChI is InChI=1S/C15H20ClN3O3/c1-22-8-2-7-17-15(21)19-11-5-6-13(16)12(9-11)14(20)18-10-3-4-10/h5-6,9-10H,2-4,7-8H2,1H3,(H,18,20)(H2,17,19,21). The summed E-state index contributed by atoms with van der Waals surface area (Å²) in [5, 5.41) is 8.63. The van der Waals surface area contributed by atoms with Crippen LogP contribution in [0.1, 0.15) is 29.6 Å². The fourth-order valence-electron chi connectivity index (χ4n) is 1.86. The summed E-state index contributed by atoms with van der Waals surface area (Å²) in [5.41, 5.74) is 0.889. The van der Waals surface area contributed by atoms with Crippen LogP contribution in [0.2, 0.25) is 5.02 Å². The maximum absolute atomic E-state index is 12.1. The van der Waals surface area contributed by atoms with E-state index >= 15 is 0 Å². The third-order valence-electron chi connectivity index (χ3n) is 3.19. The van der Waals surface area contributed by atoms with Crippen LogP contribution in [0, 0.1) is 0 Å². The van der Waals surface area contributed by atoms with E-state index in [0.717, 1.165) is 19.3 Å². The van der Waals surface area contributed by atoms with E-state index in [2.05, 4.69) is 16.0 Å². The van der Waals surface area contributed by atoms with Gasteiger partial charge in [-0.25, -0.2) is 4.79 Å². The van der Waals surface area contributed by atoms with Gasteiger partial charge >= 0.3 is 6.03 Å². The minimum Gasteiger partial charge on any atom is -0.385 e. The molecule has 0 saturated heterocycles. The van der Waals surface area contributed by atoms with Crippen molar-refractivity contribution in [3.8, 4) is 0 Å². The number of amides is 3. The Morgan fingerprint density at radius 3 is 2.82 bits per heavy atom. The summed E-state index contributed by atoms with van der Waals surface area (Å²) in [6, 6.07) is 4.76. The lowest BCUT2D eigenvalue weighted by atomic mass is 10.2. The summed E-state index contributed by atoms with van der Waals surface area (Å²) >= 11 is 6.05. The van der Waals surface area contributed by atoms with Gasteiger partial charge in [0.1, 0.15) is 0 Å². The van der Waals surface area contributed by atoms with Gasteiger partial charge in [0.2, 0.25) is 0 Å². The Morgan fingerprint density at radius 2 is 2.14 bits per heavy atom. The number of carbonyl (C=O) groups excluding carboxylic acids is 2. The monoisotopic (exact) mass is 325 g/mol. The second kappa shape index (κ2) is 8.00. The molecule has 0 heterocycles. The number of ether oxygens (including phenoxy) is 1. The fourth-order valence-corrected chi connectivity index (χ4v) is 2.06. The zero-order chi connectivity index (χ0) is 15.9. The van der Waals surface area contributed by atoms with Gasteiger partial charge in [-0.05, 0) is 37.5 Å². The highest BCUT2D eigenvalue weighted by Gasteiger charge is 2.24. The highest BCUT2D eigenvalue weighted by molar-refractivity contribution is 6.34. The maximum Gasteiger partial charge on any atom is 0.319 e. The Morgan fingerprint density at radius 1 is 1.36 bits per heavy atom. The summed E-state index contributed by atoms with van der Waals surface area (Å²) in [6.07, 6.45) is 2.75. The van der Waals surface area contributed by atoms with Crippen molar-refractivity contribution in [2.45, 2.75) is 25.3 Å². The number of hydrogen-bond acceptors (Lipinski definition) is 3. The van der Waals surface area contributed by atoms with Gasteiger partial charge in [-0.3, -0.25) is 4.79 Å². The van der Waals surface area contributed by atoms with E-state index < -0.39 is 0 Å². The lowest BCUT2D eigenvalue weighted by molar-refractivity contribution is 0.0951. The molecule has 0 bridgehead atoms. The van der Waals surface area contributed by atoms with Crippen LogP contribution in [0.15, 0.2) is 18.2 Å². The van der Waals surface area contributed by atoms with Crippen molar-refractivity contribution >= 4 is 29.2 Å². The molecule has 0 unspecified atom stereocenters. The molecular formula is C15H20ClN3O3. The van der Waals surface area contributed by atoms with Crippen molar-refractivity contribution < 1.29 is 14.3 Å². The molecule has 0 aliphatic heterocycles. The third kappa shape index (κ3) is 5.20. The van der Waals surface area contributed by atoms with Gasteiger partial charge in [-0.15, -0.1) is 0 Å². The SMILES string of the molecule is COCCCNC(=O)Nc1ccc(Cl)c(C(=O)NC2CC2)c1. The van der Waals surface area contributed by atoms with Crippen LogP contribution in [0.25, 0.3) is 0 Å². The average Bonchev–Trinajstić information content (AvgIpc) is 3.29. The fraction of sp³-hybridized carbons (Fsp3) is 0.467. The summed E-state index contributed by atoms with van der Waals surface area (Å²) in [4.78, 5) is 23.8. The first-order chi connectivity index (χ1) is 10.6. The van der Waals surface area contributed by atoms with Gasteiger partial charge in [0.15, 0.2) is 0 Å². The summed E-state index contributed by atoms with van der Waals surface area (Å²) in [5.74, 6) is -0.211. The predicted octanol–water partition coefficient (Wildman–Crippen LogP) is 2.39. The first-order valence-corrected chi connectivity index (χ1v) is 7.62. The van der Waals surface area contributed by atoms with Crippen LogP contribution >= 0.6 is 11.6 Å². The molecule has 22 heavy (non-hydrogen) atoms. The second-order valence-corrected chi connectivity index (χ2v) is 5.58. The first-order valence-electron chi connectivity index (χ1n) is 7.24. The molecule has 0 radical (unpaired) electrons. The predicted molar refractivity (Wildman–Crippen MR) is 85.5 cm³/mol. The number of hydrogen-bond donors (Lipinski definition) is 3. The molecule has 0 spiro atoms. The van der Waals surface area contributed by atoms with Gasteiger partial charge in [-0.1, -0.05) is 11.6 Å². The van der Waals surface area contributed by atoms with Crippen molar-refractivity contribution in [1.29, 1.82) is 0 Å². The van der Waals surface area contributed by atoms with Gasteiger partial charge < -0.3 is 20.7 Å². The molecule has 120 valence electrons. The molecule has 1 aromatic rings. The van der Waals surface area contributed by atoms with Crippen molar-refractivity contribution in [1.82, 2.24) is 10.6 Å². The molecule has 1 aliphatic rings. The molecule has 7 heteroatoms. The maximum atomic E-state index is 12.1. The number of benzene rings is 1. The molecule has 2 rings (SSSR count). The third-order valence-corrected chi connectivity index (χ3v) is 3.52. The summed E-state index contributed by atoms with van der Waals surface area (Å²) < 4.78 is 4.90. The van der Waals surface area contributed by atoms with Crippen molar-refractivity contribution in [2.24, 2.45) is 0 Å². The average molecular weight is 326 g/mol. The zero-order valence-electron chi connectivity index (χ0n) is 12.4. The number of nitrogens with one attached hydrogen (secondary N) is 3. The smallest absolute Gasteiger partial charge is 0.319 e. The largest absolute Gasteiger partial charge is 0.385 e. The molecular weight excluding hydrogens is 306 g/mol. The van der Waals surface area contributed by atoms with Crippen LogP contribution in [0.4, 0.5) is 10.5 Å². The van der Waals surface area contributed by atoms with E-state index in [1.165, 1.54) is 0 Å². The number of urea groups is 1. The molecule has 1 saturated carbocycles. The van der Waals surface area contributed by atoms with Crippen molar-refractivity contribution in [3.63, 3.8) is 0 Å². The summed E-state index contributed by atoms with van der Waals surface area (Å²) in [6.45, 7) is 1.11. The van der Waals surface area contributed by atoms with E-state index in [0.29, 0.717) is 29.4 Å². The molecule has 3 amide bonds. The number of anilines is 1. The van der Waals surface area contributed by atoms with Crippen molar-refractivity contribution in [2.75, 3.05) is 25.6 Å². The van der Waals surface area contributed by atoms with Crippen LogP contribution in [-0.2, 0) is 4.74 Å². The Bertz CT molecular complexity index is 547. The number of halogens is 1. The molecule has 1 aromatic carbocycles. The lowest BCUT2D eigenvalue weighted by Crippen LogP contribution is -2.30. The molecule has 0 aromatic heterocycles. The Kier molecular flexibility index (Phi) is 6.03. The van der Waals surface area contributed by atoms with Gasteiger partial charge in [0.25, 0.3) is 5.91 Å². The topological polar surface area (TPSA) is 79.5 Å². The summed E-state index contributed by atoms with van der Waals surface area (Å²) in [7, 11) is 1.61. The Labute approximate surface area is 134 Å². The highest BCUT2D eigenvalue weighted by atomic mass is 35.5. The van der Waals surface area contributed by atoms with E-state index in [1.54, 1.807) is 25.3 Å². The van der Waals surface area contributed by atoms with E-state index in [-0.39, 0.29) is 18.0 Å². The highest BCUT2D eigenvalue weighted by Crippen LogP contribution is 2.23. The number of rotatable bonds is 7. The van der Waals surface area contributed by atoms with Crippen LogP contribution in [-0.4, -0.2) is 38.2 Å². The van der Waals surface area contributed by atoms with Crippen LogP contribution in [0.3, 0.4) is 0 Å². The van der Waals surface area contributed by atoms with E-state index in [1.807, 2.05) is 0 Å². The second-order valence-electron chi connectivity index (χ2n) is 5.17. The molecule has 6 nitrogen and oxygen atoms in total. The van der Waals surface area contributed by atoms with Crippen molar-refractivity contribution in [3.05, 3.63) is 28.8 Å². The minimum atomic E-state index is -0.327. The van der Waals surface area contributed by atoms with Gasteiger partial charge in [0, 0.05) is 32.0 Å². The number of methoxy groups -OCH3 is 1. The van der Waals surface area contributed by atoms with E-state index in [4.69, 9.17) is 16.3 Å². The molecule has 1 fully saturated rings. The quantitative estimate of drug-likeness (QED) is 0.673. The lowest BCUT2D eigenvalue weighted by Gasteiger charge is -2.10. The first kappa shape index (κ1) is 16.6.